The summed E-state index contributed by atoms with van der Waals surface area (Å²) in [4.78, 5) is 30.7. The fourth-order valence-electron chi connectivity index (χ4n) is 3.32. The van der Waals surface area contributed by atoms with Crippen molar-refractivity contribution in [1.29, 1.82) is 0 Å². The van der Waals surface area contributed by atoms with Crippen molar-refractivity contribution in [2.45, 2.75) is 76.9 Å². The first kappa shape index (κ1) is 18.2. The maximum Gasteiger partial charge on any atom is 0.410 e. The fraction of sp³-hybridized carbons (Fsp3) is 0.722. The molecule has 1 aromatic heterocycles. The van der Waals surface area contributed by atoms with Gasteiger partial charge in [-0.05, 0) is 40.0 Å². The minimum Gasteiger partial charge on any atom is -0.444 e. The Morgan fingerprint density at radius 1 is 1.24 bits per heavy atom. The Morgan fingerprint density at radius 3 is 2.56 bits per heavy atom. The van der Waals surface area contributed by atoms with Gasteiger partial charge in [0.05, 0.1) is 5.69 Å². The van der Waals surface area contributed by atoms with Crippen LogP contribution in [0.3, 0.4) is 0 Å². The molecule has 7 heteroatoms. The van der Waals surface area contributed by atoms with Gasteiger partial charge in [-0.15, -0.1) is 11.3 Å². The number of carbonyl (C=O) groups excluding carboxylic acids is 2. The van der Waals surface area contributed by atoms with Gasteiger partial charge in [-0.2, -0.15) is 0 Å². The molecule has 1 saturated heterocycles. The standard InChI is InChI=1S/C18H27N3O3S/c1-18(2,3)24-17(23)21-10-9-14(21)15(22)20-16-19-13(11-25-16)12-7-5-4-6-8-12/h11-12,14H,4-10H2,1-3H3,(H,19,20,22)/t14-/m0/s1. The summed E-state index contributed by atoms with van der Waals surface area (Å²) in [7, 11) is 0. The van der Waals surface area contributed by atoms with Crippen molar-refractivity contribution in [2.24, 2.45) is 0 Å². The molecule has 0 spiro atoms. The molecular weight excluding hydrogens is 338 g/mol. The van der Waals surface area contributed by atoms with Crippen molar-refractivity contribution in [2.75, 3.05) is 11.9 Å². The molecule has 2 fully saturated rings. The predicted octanol–water partition coefficient (Wildman–Crippen LogP) is 4.14. The number of hydrogen-bond acceptors (Lipinski definition) is 5. The lowest BCUT2D eigenvalue weighted by Gasteiger charge is -2.39. The quantitative estimate of drug-likeness (QED) is 0.874. The lowest BCUT2D eigenvalue weighted by atomic mass is 9.87. The summed E-state index contributed by atoms with van der Waals surface area (Å²) >= 11 is 1.47. The van der Waals surface area contributed by atoms with Crippen molar-refractivity contribution in [3.05, 3.63) is 11.1 Å². The summed E-state index contributed by atoms with van der Waals surface area (Å²) in [6.45, 7) is 6.02. The fourth-order valence-corrected chi connectivity index (χ4v) is 4.11. The molecule has 1 atom stereocenters. The highest BCUT2D eigenvalue weighted by atomic mass is 32.1. The van der Waals surface area contributed by atoms with Crippen molar-refractivity contribution in [3.8, 4) is 0 Å². The molecule has 0 bridgehead atoms. The van der Waals surface area contributed by atoms with E-state index in [4.69, 9.17) is 4.74 Å². The number of carbonyl (C=O) groups is 2. The summed E-state index contributed by atoms with van der Waals surface area (Å²) < 4.78 is 5.35. The van der Waals surface area contributed by atoms with Gasteiger partial charge >= 0.3 is 6.09 Å². The molecule has 1 aromatic rings. The normalized spacial score (nSPS) is 21.6. The van der Waals surface area contributed by atoms with Gasteiger partial charge in [0.1, 0.15) is 11.6 Å². The molecule has 1 saturated carbocycles. The van der Waals surface area contributed by atoms with E-state index in [1.165, 1.54) is 48.3 Å². The van der Waals surface area contributed by atoms with E-state index < -0.39 is 17.7 Å². The van der Waals surface area contributed by atoms with Gasteiger partial charge in [0, 0.05) is 17.8 Å². The number of amides is 2. The topological polar surface area (TPSA) is 71.5 Å². The molecule has 1 aliphatic heterocycles. The third kappa shape index (κ3) is 4.51. The van der Waals surface area contributed by atoms with E-state index in [0.717, 1.165) is 5.69 Å². The number of likely N-dealkylation sites (tertiary alicyclic amines) is 1. The number of thiazole rings is 1. The molecule has 3 rings (SSSR count). The van der Waals surface area contributed by atoms with Crippen LogP contribution < -0.4 is 5.32 Å². The first-order valence-corrected chi connectivity index (χ1v) is 9.97. The highest BCUT2D eigenvalue weighted by Gasteiger charge is 2.40. The number of nitrogens with one attached hydrogen (secondary N) is 1. The maximum absolute atomic E-state index is 12.5. The number of aromatic nitrogens is 1. The summed E-state index contributed by atoms with van der Waals surface area (Å²) in [6.07, 6.45) is 6.44. The van der Waals surface area contributed by atoms with E-state index in [2.05, 4.69) is 15.7 Å². The molecule has 2 heterocycles. The summed E-state index contributed by atoms with van der Waals surface area (Å²) in [5.41, 5.74) is 0.537. The van der Waals surface area contributed by atoms with Crippen LogP contribution >= 0.6 is 11.3 Å². The first-order chi connectivity index (χ1) is 11.8. The van der Waals surface area contributed by atoms with Crippen molar-refractivity contribution >= 4 is 28.5 Å². The van der Waals surface area contributed by atoms with Crippen LogP contribution in [0.25, 0.3) is 0 Å². The zero-order valence-electron chi connectivity index (χ0n) is 15.2. The van der Waals surface area contributed by atoms with Gasteiger partial charge in [-0.25, -0.2) is 9.78 Å². The molecular formula is C18H27N3O3S. The van der Waals surface area contributed by atoms with Crippen LogP contribution in [0.4, 0.5) is 9.93 Å². The van der Waals surface area contributed by atoms with Crippen LogP contribution in [0.1, 0.15) is 70.9 Å². The molecule has 6 nitrogen and oxygen atoms in total. The van der Waals surface area contributed by atoms with Crippen LogP contribution in [0, 0.1) is 0 Å². The molecule has 0 aromatic carbocycles. The second-order valence-electron chi connectivity index (χ2n) is 7.88. The van der Waals surface area contributed by atoms with Gasteiger partial charge in [-0.1, -0.05) is 19.3 Å². The number of hydrogen-bond donors (Lipinski definition) is 1. The molecule has 2 aliphatic rings. The highest BCUT2D eigenvalue weighted by molar-refractivity contribution is 7.13. The van der Waals surface area contributed by atoms with E-state index in [1.807, 2.05) is 20.8 Å². The summed E-state index contributed by atoms with van der Waals surface area (Å²) in [6, 6.07) is -0.461. The van der Waals surface area contributed by atoms with Crippen molar-refractivity contribution in [3.63, 3.8) is 0 Å². The van der Waals surface area contributed by atoms with Gasteiger partial charge in [0.2, 0.25) is 5.91 Å². The Kier molecular flexibility index (Phi) is 5.32. The zero-order valence-corrected chi connectivity index (χ0v) is 16.0. The van der Waals surface area contributed by atoms with E-state index in [1.54, 1.807) is 0 Å². The summed E-state index contributed by atoms with van der Waals surface area (Å²) in [5, 5.41) is 5.55. The van der Waals surface area contributed by atoms with Crippen LogP contribution in [-0.4, -0.2) is 40.1 Å². The molecule has 25 heavy (non-hydrogen) atoms. The van der Waals surface area contributed by atoms with E-state index >= 15 is 0 Å². The third-order valence-electron chi connectivity index (χ3n) is 4.73. The van der Waals surface area contributed by atoms with Gasteiger partial charge in [0.25, 0.3) is 0 Å². The van der Waals surface area contributed by atoms with Gasteiger partial charge in [0.15, 0.2) is 5.13 Å². The third-order valence-corrected chi connectivity index (χ3v) is 5.50. The highest BCUT2D eigenvalue weighted by Crippen LogP contribution is 2.34. The molecule has 0 radical (unpaired) electrons. The molecule has 2 amide bonds. The van der Waals surface area contributed by atoms with Gasteiger partial charge < -0.3 is 10.1 Å². The molecule has 0 unspecified atom stereocenters. The Balaban J connectivity index is 1.55. The second-order valence-corrected chi connectivity index (χ2v) is 8.74. The maximum atomic E-state index is 12.5. The monoisotopic (exact) mass is 365 g/mol. The SMILES string of the molecule is CC(C)(C)OC(=O)N1CC[C@H]1C(=O)Nc1nc(C2CCCCC2)cs1. The average molecular weight is 365 g/mol. The minimum absolute atomic E-state index is 0.179. The second kappa shape index (κ2) is 7.32. The van der Waals surface area contributed by atoms with Crippen LogP contribution in [0.15, 0.2) is 5.38 Å². The Bertz CT molecular complexity index is 632. The van der Waals surface area contributed by atoms with Crippen LogP contribution in [0.5, 0.6) is 0 Å². The number of anilines is 1. The first-order valence-electron chi connectivity index (χ1n) is 9.09. The number of ether oxygens (including phenoxy) is 1. The van der Waals surface area contributed by atoms with Crippen LogP contribution in [-0.2, 0) is 9.53 Å². The lowest BCUT2D eigenvalue weighted by Crippen LogP contribution is -2.57. The smallest absolute Gasteiger partial charge is 0.410 e. The van der Waals surface area contributed by atoms with Crippen molar-refractivity contribution < 1.29 is 14.3 Å². The lowest BCUT2D eigenvalue weighted by molar-refractivity contribution is -0.125. The Hall–Kier alpha value is -1.63. The van der Waals surface area contributed by atoms with E-state index in [0.29, 0.717) is 24.0 Å². The Labute approximate surface area is 153 Å². The predicted molar refractivity (Wildman–Crippen MR) is 97.9 cm³/mol. The van der Waals surface area contributed by atoms with Crippen LogP contribution in [0.2, 0.25) is 0 Å². The van der Waals surface area contributed by atoms with E-state index in [-0.39, 0.29) is 5.91 Å². The van der Waals surface area contributed by atoms with Crippen molar-refractivity contribution in [1.82, 2.24) is 9.88 Å². The average Bonchev–Trinajstić information content (AvgIpc) is 2.93. The zero-order chi connectivity index (χ0) is 18.0. The van der Waals surface area contributed by atoms with Gasteiger partial charge in [-0.3, -0.25) is 9.69 Å². The number of rotatable bonds is 3. The molecule has 1 N–H and O–H groups in total. The minimum atomic E-state index is -0.558. The molecule has 1 aliphatic carbocycles. The molecule has 138 valence electrons. The number of nitrogens with zero attached hydrogens (tertiary/aromatic N) is 2. The largest absolute Gasteiger partial charge is 0.444 e. The van der Waals surface area contributed by atoms with E-state index in [9.17, 15) is 9.59 Å². The summed E-state index contributed by atoms with van der Waals surface area (Å²) in [5.74, 6) is 0.347. The Morgan fingerprint density at radius 2 is 1.96 bits per heavy atom.